The molecule has 0 aromatic heterocycles. The van der Waals surface area contributed by atoms with Crippen molar-refractivity contribution in [1.82, 2.24) is 0 Å². The van der Waals surface area contributed by atoms with Crippen LogP contribution in [0.2, 0.25) is 0 Å². The average Bonchev–Trinajstić information content (AvgIpc) is 2.02. The fraction of sp³-hybridized carbons (Fsp3) is 0.364. The summed E-state index contributed by atoms with van der Waals surface area (Å²) in [4.78, 5) is 11.0. The van der Waals surface area contributed by atoms with E-state index in [-0.39, 0.29) is 5.78 Å². The lowest BCUT2D eigenvalue weighted by molar-refractivity contribution is 0.101. The SMILES string of the molecule is CC(=O)c1ccc(C2CSC2)cc1. The zero-order chi connectivity index (χ0) is 9.26. The van der Waals surface area contributed by atoms with Gasteiger partial charge in [-0.05, 0) is 12.5 Å². The standard InChI is InChI=1S/C11H12OS/c1-8(12)9-2-4-10(5-3-9)11-6-13-7-11/h2-5,11H,6-7H2,1H3. The van der Waals surface area contributed by atoms with Crippen molar-refractivity contribution in [2.24, 2.45) is 0 Å². The molecular weight excluding hydrogens is 180 g/mol. The van der Waals surface area contributed by atoms with Crippen LogP contribution in [-0.2, 0) is 0 Å². The lowest BCUT2D eigenvalue weighted by Gasteiger charge is -2.25. The molecule has 1 aromatic rings. The molecule has 0 aliphatic carbocycles. The number of hydrogen-bond donors (Lipinski definition) is 0. The van der Waals surface area contributed by atoms with Gasteiger partial charge in [-0.3, -0.25) is 4.79 Å². The summed E-state index contributed by atoms with van der Waals surface area (Å²) in [5, 5.41) is 0. The van der Waals surface area contributed by atoms with Crippen LogP contribution in [0.4, 0.5) is 0 Å². The molecule has 0 amide bonds. The molecule has 2 rings (SSSR count). The van der Waals surface area contributed by atoms with Crippen LogP contribution in [0.1, 0.15) is 28.8 Å². The Balaban J connectivity index is 2.17. The second-order valence-electron chi connectivity index (χ2n) is 3.41. The van der Waals surface area contributed by atoms with Crippen LogP contribution in [0.25, 0.3) is 0 Å². The highest BCUT2D eigenvalue weighted by molar-refractivity contribution is 8.00. The second kappa shape index (κ2) is 3.54. The van der Waals surface area contributed by atoms with Crippen molar-refractivity contribution in [1.29, 1.82) is 0 Å². The number of benzene rings is 1. The molecule has 0 atom stereocenters. The van der Waals surface area contributed by atoms with E-state index in [4.69, 9.17) is 0 Å². The predicted octanol–water partition coefficient (Wildman–Crippen LogP) is 2.72. The monoisotopic (exact) mass is 192 g/mol. The Morgan fingerprint density at radius 3 is 2.31 bits per heavy atom. The maximum atomic E-state index is 11.0. The maximum absolute atomic E-state index is 11.0. The van der Waals surface area contributed by atoms with Crippen molar-refractivity contribution >= 4 is 17.5 Å². The highest BCUT2D eigenvalue weighted by Gasteiger charge is 2.19. The minimum Gasteiger partial charge on any atom is -0.295 e. The summed E-state index contributed by atoms with van der Waals surface area (Å²) < 4.78 is 0. The third-order valence-corrected chi connectivity index (χ3v) is 3.70. The minimum absolute atomic E-state index is 0.148. The fourth-order valence-electron chi connectivity index (χ4n) is 1.42. The van der Waals surface area contributed by atoms with Crippen LogP contribution < -0.4 is 0 Å². The quantitative estimate of drug-likeness (QED) is 0.670. The lowest BCUT2D eigenvalue weighted by Crippen LogP contribution is -2.15. The van der Waals surface area contributed by atoms with Crippen LogP contribution in [-0.4, -0.2) is 17.3 Å². The molecule has 0 bridgehead atoms. The number of carbonyl (C=O) groups is 1. The molecule has 13 heavy (non-hydrogen) atoms. The van der Waals surface area contributed by atoms with Gasteiger partial charge in [0.25, 0.3) is 0 Å². The topological polar surface area (TPSA) is 17.1 Å². The number of thioether (sulfide) groups is 1. The Labute approximate surface area is 82.5 Å². The first kappa shape index (κ1) is 8.82. The lowest BCUT2D eigenvalue weighted by atomic mass is 10.00. The Bertz CT molecular complexity index is 311. The molecule has 1 fully saturated rings. The van der Waals surface area contributed by atoms with Gasteiger partial charge in [0.2, 0.25) is 0 Å². The zero-order valence-electron chi connectivity index (χ0n) is 7.62. The van der Waals surface area contributed by atoms with E-state index >= 15 is 0 Å². The summed E-state index contributed by atoms with van der Waals surface area (Å²) in [6, 6.07) is 8.03. The third kappa shape index (κ3) is 1.78. The first-order valence-electron chi connectivity index (χ1n) is 4.46. The summed E-state index contributed by atoms with van der Waals surface area (Å²) in [5.41, 5.74) is 2.19. The predicted molar refractivity (Wildman–Crippen MR) is 56.5 cm³/mol. The normalized spacial score (nSPS) is 16.7. The van der Waals surface area contributed by atoms with Crippen LogP contribution in [0.15, 0.2) is 24.3 Å². The summed E-state index contributed by atoms with van der Waals surface area (Å²) in [7, 11) is 0. The van der Waals surface area contributed by atoms with Crippen molar-refractivity contribution in [3.8, 4) is 0 Å². The Hall–Kier alpha value is -0.760. The van der Waals surface area contributed by atoms with Gasteiger partial charge in [0, 0.05) is 23.0 Å². The Kier molecular flexibility index (Phi) is 2.40. The van der Waals surface area contributed by atoms with Crippen molar-refractivity contribution in [3.63, 3.8) is 0 Å². The van der Waals surface area contributed by atoms with Gasteiger partial charge in [-0.15, -0.1) is 0 Å². The third-order valence-electron chi connectivity index (χ3n) is 2.43. The molecule has 0 N–H and O–H groups in total. The number of ketones is 1. The molecule has 68 valence electrons. The Morgan fingerprint density at radius 2 is 1.92 bits per heavy atom. The van der Waals surface area contributed by atoms with E-state index in [1.807, 2.05) is 23.9 Å². The number of carbonyl (C=O) groups excluding carboxylic acids is 1. The zero-order valence-corrected chi connectivity index (χ0v) is 8.43. The molecular formula is C11H12OS. The summed E-state index contributed by atoms with van der Waals surface area (Å²) >= 11 is 1.98. The first-order valence-corrected chi connectivity index (χ1v) is 5.61. The summed E-state index contributed by atoms with van der Waals surface area (Å²) in [6.07, 6.45) is 0. The molecule has 1 aromatic carbocycles. The minimum atomic E-state index is 0.148. The van der Waals surface area contributed by atoms with Crippen LogP contribution in [0, 0.1) is 0 Å². The highest BCUT2D eigenvalue weighted by Crippen LogP contribution is 2.33. The Morgan fingerprint density at radius 1 is 1.31 bits per heavy atom. The van der Waals surface area contributed by atoms with E-state index in [2.05, 4.69) is 12.1 Å². The van der Waals surface area contributed by atoms with Gasteiger partial charge in [0.1, 0.15) is 0 Å². The van der Waals surface area contributed by atoms with E-state index in [0.29, 0.717) is 0 Å². The largest absolute Gasteiger partial charge is 0.295 e. The molecule has 1 aliphatic rings. The van der Waals surface area contributed by atoms with E-state index < -0.39 is 0 Å². The van der Waals surface area contributed by atoms with Gasteiger partial charge in [0.05, 0.1) is 0 Å². The number of hydrogen-bond acceptors (Lipinski definition) is 2. The van der Waals surface area contributed by atoms with Crippen LogP contribution in [0.3, 0.4) is 0 Å². The molecule has 0 radical (unpaired) electrons. The van der Waals surface area contributed by atoms with E-state index in [9.17, 15) is 4.79 Å². The van der Waals surface area contributed by atoms with Crippen molar-refractivity contribution in [3.05, 3.63) is 35.4 Å². The fourth-order valence-corrected chi connectivity index (χ4v) is 2.27. The smallest absolute Gasteiger partial charge is 0.159 e. The van der Waals surface area contributed by atoms with Gasteiger partial charge in [-0.2, -0.15) is 11.8 Å². The van der Waals surface area contributed by atoms with Crippen LogP contribution >= 0.6 is 11.8 Å². The van der Waals surface area contributed by atoms with Crippen LogP contribution in [0.5, 0.6) is 0 Å². The van der Waals surface area contributed by atoms with Gasteiger partial charge in [-0.1, -0.05) is 24.3 Å². The average molecular weight is 192 g/mol. The van der Waals surface area contributed by atoms with Gasteiger partial charge in [-0.25, -0.2) is 0 Å². The van der Waals surface area contributed by atoms with Crippen molar-refractivity contribution in [2.75, 3.05) is 11.5 Å². The molecule has 1 aliphatic heterocycles. The number of rotatable bonds is 2. The van der Waals surface area contributed by atoms with Gasteiger partial charge < -0.3 is 0 Å². The van der Waals surface area contributed by atoms with Gasteiger partial charge in [0.15, 0.2) is 5.78 Å². The van der Waals surface area contributed by atoms with Gasteiger partial charge >= 0.3 is 0 Å². The van der Waals surface area contributed by atoms with Crippen molar-refractivity contribution in [2.45, 2.75) is 12.8 Å². The maximum Gasteiger partial charge on any atom is 0.159 e. The van der Waals surface area contributed by atoms with E-state index in [0.717, 1.165) is 11.5 Å². The molecule has 1 saturated heterocycles. The van der Waals surface area contributed by atoms with Crippen molar-refractivity contribution < 1.29 is 4.79 Å². The molecule has 2 heteroatoms. The van der Waals surface area contributed by atoms with E-state index in [1.54, 1.807) is 6.92 Å². The molecule has 0 saturated carbocycles. The molecule has 0 spiro atoms. The first-order chi connectivity index (χ1) is 6.27. The second-order valence-corrected chi connectivity index (χ2v) is 4.49. The summed E-state index contributed by atoms with van der Waals surface area (Å²) in [5.74, 6) is 3.35. The number of Topliss-reactive ketones (excluding diaryl/α,β-unsaturated/α-hetero) is 1. The summed E-state index contributed by atoms with van der Waals surface area (Å²) in [6.45, 7) is 1.61. The van der Waals surface area contributed by atoms with E-state index in [1.165, 1.54) is 17.1 Å². The molecule has 0 unspecified atom stereocenters. The highest BCUT2D eigenvalue weighted by atomic mass is 32.2. The molecule has 1 nitrogen and oxygen atoms in total. The molecule has 1 heterocycles.